The Hall–Kier alpha value is -4.68. The number of aromatic nitrogens is 3. The third kappa shape index (κ3) is 5.78. The number of nitrogens with two attached hydrogens (primary N) is 1. The number of anilines is 1. The van der Waals surface area contributed by atoms with E-state index in [1.165, 1.54) is 18.7 Å². The SMILES string of the molecule is C[C@H](O/N=C(\C(=O)NC1C(=O)N2C(C(=O)O)=C(C[n+]3cccc4c3ccn4CC(=O)O)CSC12)c1nc(N)sc1Cl)C(=O)O. The number of carbonyl (C=O) groups excluding carboxylic acids is 2. The minimum absolute atomic E-state index is 0.00120. The van der Waals surface area contributed by atoms with E-state index < -0.39 is 53.0 Å². The van der Waals surface area contributed by atoms with E-state index in [4.69, 9.17) is 27.3 Å². The van der Waals surface area contributed by atoms with Crippen molar-refractivity contribution < 1.29 is 48.7 Å². The highest BCUT2D eigenvalue weighted by Gasteiger charge is 2.55. The van der Waals surface area contributed by atoms with Crippen LogP contribution in [0.15, 0.2) is 47.0 Å². The van der Waals surface area contributed by atoms with E-state index in [-0.39, 0.29) is 39.7 Å². The Kier molecular flexibility index (Phi) is 8.49. The Morgan fingerprint density at radius 2 is 2.05 bits per heavy atom. The van der Waals surface area contributed by atoms with Crippen molar-refractivity contribution in [1.29, 1.82) is 0 Å². The van der Waals surface area contributed by atoms with Gasteiger partial charge < -0.3 is 35.8 Å². The normalized spacial score (nSPS) is 18.9. The second-order valence-electron chi connectivity index (χ2n) is 9.56. The molecule has 0 aliphatic carbocycles. The number of rotatable bonds is 11. The summed E-state index contributed by atoms with van der Waals surface area (Å²) in [6.45, 7) is 1.05. The minimum atomic E-state index is -1.43. The highest BCUT2D eigenvalue weighted by atomic mass is 35.5. The van der Waals surface area contributed by atoms with Crippen molar-refractivity contribution in [3.63, 3.8) is 0 Å². The zero-order valence-electron chi connectivity index (χ0n) is 22.5. The van der Waals surface area contributed by atoms with Crippen molar-refractivity contribution in [3.8, 4) is 0 Å². The van der Waals surface area contributed by atoms with Crippen molar-refractivity contribution >= 4 is 86.3 Å². The second kappa shape index (κ2) is 12.1. The molecular weight excluding hydrogens is 642 g/mol. The number of nitrogen functional groups attached to an aromatic ring is 1. The second-order valence-corrected chi connectivity index (χ2v) is 12.3. The van der Waals surface area contributed by atoms with Crippen LogP contribution in [0, 0.1) is 0 Å². The number of carboxylic acid groups (broad SMARTS) is 3. The fraction of sp³-hybridized carbons (Fsp3) is 0.280. The van der Waals surface area contributed by atoms with E-state index >= 15 is 0 Å². The number of carbonyl (C=O) groups is 5. The highest BCUT2D eigenvalue weighted by molar-refractivity contribution is 8.00. The van der Waals surface area contributed by atoms with E-state index in [0.29, 0.717) is 16.6 Å². The maximum absolute atomic E-state index is 13.3. The summed E-state index contributed by atoms with van der Waals surface area (Å²) in [6.07, 6.45) is 1.92. The van der Waals surface area contributed by atoms with Crippen LogP contribution in [0.1, 0.15) is 12.6 Å². The number of amides is 2. The third-order valence-corrected chi connectivity index (χ3v) is 9.13. The molecule has 44 heavy (non-hydrogen) atoms. The molecule has 0 radical (unpaired) electrons. The van der Waals surface area contributed by atoms with Crippen LogP contribution in [0.2, 0.25) is 4.34 Å². The predicted octanol–water partition coefficient (Wildman–Crippen LogP) is 0.338. The summed E-state index contributed by atoms with van der Waals surface area (Å²) in [5.74, 6) is -5.14. The van der Waals surface area contributed by atoms with Crippen LogP contribution >= 0.6 is 34.7 Å². The molecule has 3 aromatic rings. The summed E-state index contributed by atoms with van der Waals surface area (Å²) in [6, 6.07) is 4.03. The lowest BCUT2D eigenvalue weighted by Gasteiger charge is -2.49. The maximum Gasteiger partial charge on any atom is 0.352 e. The monoisotopic (exact) mass is 664 g/mol. The van der Waals surface area contributed by atoms with E-state index in [1.54, 1.807) is 39.7 Å². The van der Waals surface area contributed by atoms with Crippen LogP contribution in [0.3, 0.4) is 0 Å². The van der Waals surface area contributed by atoms with Crippen molar-refractivity contribution in [2.45, 2.75) is 37.5 Å². The van der Waals surface area contributed by atoms with Crippen LogP contribution < -0.4 is 15.6 Å². The standard InChI is InChI=1S/C25H22ClN7O9S2/c1-10(23(38)39)42-30-16(15-19(26)44-25(27)29-15)20(36)28-17-21(37)33-18(24(40)41)11(9-43-22(17)33)7-31-5-2-3-12-13(31)4-6-32(12)8-14(34)35/h2-6,10,17,22H,7-9H2,1H3,(H5-,27,28,29,34,35,36,38,39,40,41)/p+1/b30-16-/t10-,17?,22?/m0/s1. The van der Waals surface area contributed by atoms with Gasteiger partial charge in [-0.05, 0) is 13.0 Å². The summed E-state index contributed by atoms with van der Waals surface area (Å²) < 4.78 is 3.29. The molecule has 0 saturated carbocycles. The number of nitrogens with zero attached hydrogens (tertiary/aromatic N) is 5. The predicted molar refractivity (Wildman–Crippen MR) is 156 cm³/mol. The molecule has 0 spiro atoms. The molecule has 230 valence electrons. The van der Waals surface area contributed by atoms with Crippen molar-refractivity contribution in [3.05, 3.63) is 51.9 Å². The number of thiazole rings is 1. The molecule has 16 nitrogen and oxygen atoms in total. The van der Waals surface area contributed by atoms with Gasteiger partial charge in [-0.25, -0.2) is 14.6 Å². The molecule has 1 saturated heterocycles. The molecule has 2 aliphatic rings. The molecule has 0 bridgehead atoms. The molecule has 19 heteroatoms. The number of fused-ring (bicyclic) bond motifs is 2. The quantitative estimate of drug-likeness (QED) is 0.0808. The van der Waals surface area contributed by atoms with Crippen LogP contribution in [0.4, 0.5) is 5.13 Å². The maximum atomic E-state index is 13.3. The first kappa shape index (κ1) is 30.8. The van der Waals surface area contributed by atoms with Gasteiger partial charge in [0.2, 0.25) is 11.6 Å². The number of nitrogens with one attached hydrogen (secondary N) is 1. The number of thioether (sulfide) groups is 1. The summed E-state index contributed by atoms with van der Waals surface area (Å²) in [4.78, 5) is 71.3. The van der Waals surface area contributed by atoms with Gasteiger partial charge in [0.1, 0.15) is 39.2 Å². The Bertz CT molecular complexity index is 1790. The van der Waals surface area contributed by atoms with E-state index in [0.717, 1.165) is 16.2 Å². The lowest BCUT2D eigenvalue weighted by molar-refractivity contribution is -0.663. The van der Waals surface area contributed by atoms with Crippen LogP contribution in [-0.4, -0.2) is 88.5 Å². The lowest BCUT2D eigenvalue weighted by atomic mass is 10.0. The van der Waals surface area contributed by atoms with Gasteiger partial charge in [0.25, 0.3) is 11.8 Å². The molecule has 2 aliphatic heterocycles. The number of halogens is 1. The van der Waals surface area contributed by atoms with Crippen LogP contribution in [0.25, 0.3) is 11.0 Å². The van der Waals surface area contributed by atoms with Crippen LogP contribution in [0.5, 0.6) is 0 Å². The first-order valence-electron chi connectivity index (χ1n) is 12.7. The van der Waals surface area contributed by atoms with E-state index in [9.17, 15) is 34.2 Å². The number of oxime groups is 1. The first-order valence-corrected chi connectivity index (χ1v) is 14.9. The van der Waals surface area contributed by atoms with Gasteiger partial charge in [0.15, 0.2) is 23.6 Å². The molecule has 1 fully saturated rings. The topological polar surface area (TPSA) is 231 Å². The molecule has 6 N–H and O–H groups in total. The number of pyridine rings is 1. The third-order valence-electron chi connectivity index (χ3n) is 6.71. The highest BCUT2D eigenvalue weighted by Crippen LogP contribution is 2.40. The summed E-state index contributed by atoms with van der Waals surface area (Å²) in [7, 11) is 0. The van der Waals surface area contributed by atoms with Gasteiger partial charge in [0.05, 0.1) is 0 Å². The summed E-state index contributed by atoms with van der Waals surface area (Å²) in [5.41, 5.74) is 6.51. The number of hydrogen-bond acceptors (Lipinski definition) is 11. The van der Waals surface area contributed by atoms with E-state index in [1.807, 2.05) is 0 Å². The first-order chi connectivity index (χ1) is 20.9. The molecule has 5 rings (SSSR count). The average Bonchev–Trinajstić information content (AvgIpc) is 3.52. The Morgan fingerprint density at radius 1 is 1.30 bits per heavy atom. The summed E-state index contributed by atoms with van der Waals surface area (Å²) >= 11 is 8.22. The fourth-order valence-corrected chi connectivity index (χ4v) is 6.95. The molecule has 3 aromatic heterocycles. The van der Waals surface area contributed by atoms with Gasteiger partial charge >= 0.3 is 17.9 Å². The molecule has 2 amide bonds. The van der Waals surface area contributed by atoms with Gasteiger partial charge in [0, 0.05) is 29.7 Å². The molecule has 2 unspecified atom stereocenters. The zero-order chi connectivity index (χ0) is 31.9. The van der Waals surface area contributed by atoms with E-state index in [2.05, 4.69) is 15.5 Å². The largest absolute Gasteiger partial charge is 0.480 e. The average molecular weight is 665 g/mol. The smallest absolute Gasteiger partial charge is 0.352 e. The molecule has 0 aromatic carbocycles. The van der Waals surface area contributed by atoms with Gasteiger partial charge in [-0.1, -0.05) is 28.1 Å². The van der Waals surface area contributed by atoms with Crippen molar-refractivity contribution in [1.82, 2.24) is 19.8 Å². The Balaban J connectivity index is 1.39. The summed E-state index contributed by atoms with van der Waals surface area (Å²) in [5, 5.41) is 33.8. The zero-order valence-corrected chi connectivity index (χ0v) is 24.9. The molecular formula is C25H23ClN7O9S2+. The van der Waals surface area contributed by atoms with Crippen LogP contribution in [-0.2, 0) is 41.9 Å². The minimum Gasteiger partial charge on any atom is -0.480 e. The fourth-order valence-electron chi connectivity index (χ4n) is 4.69. The number of aliphatic carboxylic acids is 3. The molecule has 3 atom stereocenters. The van der Waals surface area contributed by atoms with Crippen molar-refractivity contribution in [2.24, 2.45) is 5.16 Å². The number of β-lactam (4-membered cyclic amide) rings is 1. The van der Waals surface area contributed by atoms with Gasteiger partial charge in [-0.3, -0.25) is 19.3 Å². The number of hydrogen-bond donors (Lipinski definition) is 5. The van der Waals surface area contributed by atoms with Gasteiger partial charge in [-0.15, -0.1) is 11.8 Å². The van der Waals surface area contributed by atoms with Crippen molar-refractivity contribution in [2.75, 3.05) is 11.5 Å². The van der Waals surface area contributed by atoms with Gasteiger partial charge in [-0.2, -0.15) is 4.57 Å². The Labute approximate surface area is 260 Å². The molecule has 5 heterocycles. The number of carboxylic acids is 3. The lowest BCUT2D eigenvalue weighted by Crippen LogP contribution is -2.71. The Morgan fingerprint density at radius 3 is 2.68 bits per heavy atom.